The molecule has 0 fully saturated rings. The third-order valence-corrected chi connectivity index (χ3v) is 2.44. The molecule has 18 heavy (non-hydrogen) atoms. The van der Waals surface area contributed by atoms with Crippen LogP contribution in [-0.4, -0.2) is 22.6 Å². The maximum atomic E-state index is 11.0. The highest BCUT2D eigenvalue weighted by Crippen LogP contribution is 2.12. The first kappa shape index (κ1) is 14.0. The molecule has 0 aliphatic heterocycles. The van der Waals surface area contributed by atoms with E-state index in [1.54, 1.807) is 12.1 Å². The summed E-state index contributed by atoms with van der Waals surface area (Å²) in [7, 11) is 0. The van der Waals surface area contributed by atoms with E-state index in [0.717, 1.165) is 25.0 Å². The minimum absolute atomic E-state index is 0.271. The van der Waals surface area contributed by atoms with Gasteiger partial charge in [0, 0.05) is 18.7 Å². The lowest BCUT2D eigenvalue weighted by molar-refractivity contribution is 0.0696. The second kappa shape index (κ2) is 7.33. The molecule has 0 atom stereocenters. The van der Waals surface area contributed by atoms with Crippen molar-refractivity contribution in [2.45, 2.75) is 32.6 Å². The van der Waals surface area contributed by atoms with Crippen molar-refractivity contribution in [3.63, 3.8) is 0 Å². The van der Waals surface area contributed by atoms with Gasteiger partial charge in [-0.15, -0.1) is 12.3 Å². The van der Waals surface area contributed by atoms with E-state index in [-0.39, 0.29) is 5.56 Å². The SMILES string of the molecule is C#CCCCNc1cc(C(=O)O)cc(CCC)n1. The first-order chi connectivity index (χ1) is 8.67. The van der Waals surface area contributed by atoms with E-state index in [1.807, 2.05) is 6.92 Å². The highest BCUT2D eigenvalue weighted by molar-refractivity contribution is 5.88. The van der Waals surface area contributed by atoms with Crippen LogP contribution in [0.5, 0.6) is 0 Å². The summed E-state index contributed by atoms with van der Waals surface area (Å²) < 4.78 is 0. The number of nitrogens with one attached hydrogen (secondary N) is 1. The van der Waals surface area contributed by atoms with Gasteiger partial charge in [-0.1, -0.05) is 13.3 Å². The third kappa shape index (κ3) is 4.46. The summed E-state index contributed by atoms with van der Waals surface area (Å²) in [4.78, 5) is 15.4. The van der Waals surface area contributed by atoms with Crippen LogP contribution in [0.15, 0.2) is 12.1 Å². The zero-order valence-electron chi connectivity index (χ0n) is 10.6. The molecule has 2 N–H and O–H groups in total. The molecule has 1 aromatic rings. The Morgan fingerprint density at radius 2 is 2.33 bits per heavy atom. The smallest absolute Gasteiger partial charge is 0.335 e. The topological polar surface area (TPSA) is 62.2 Å². The Kier molecular flexibility index (Phi) is 5.72. The molecule has 0 saturated heterocycles. The average Bonchev–Trinajstić information content (AvgIpc) is 2.35. The molecule has 1 aromatic heterocycles. The van der Waals surface area contributed by atoms with Crippen LogP contribution in [-0.2, 0) is 6.42 Å². The van der Waals surface area contributed by atoms with Crippen LogP contribution in [0.4, 0.5) is 5.82 Å². The Bertz CT molecular complexity index is 450. The Labute approximate surface area is 107 Å². The highest BCUT2D eigenvalue weighted by atomic mass is 16.4. The van der Waals surface area contributed by atoms with Crippen molar-refractivity contribution in [2.75, 3.05) is 11.9 Å². The van der Waals surface area contributed by atoms with Crippen LogP contribution < -0.4 is 5.32 Å². The quantitative estimate of drug-likeness (QED) is 0.573. The molecule has 0 unspecified atom stereocenters. The molecule has 0 spiro atoms. The summed E-state index contributed by atoms with van der Waals surface area (Å²) in [5, 5.41) is 12.1. The molecule has 0 bridgehead atoms. The molecule has 1 rings (SSSR count). The van der Waals surface area contributed by atoms with E-state index in [0.29, 0.717) is 18.8 Å². The molecule has 0 aliphatic rings. The van der Waals surface area contributed by atoms with Crippen LogP contribution in [0.1, 0.15) is 42.2 Å². The van der Waals surface area contributed by atoms with Gasteiger partial charge in [-0.2, -0.15) is 0 Å². The molecule has 0 radical (unpaired) electrons. The van der Waals surface area contributed by atoms with Crippen LogP contribution in [0.2, 0.25) is 0 Å². The fourth-order valence-corrected chi connectivity index (χ4v) is 1.59. The lowest BCUT2D eigenvalue weighted by Gasteiger charge is -2.08. The first-order valence-electron chi connectivity index (χ1n) is 6.09. The van der Waals surface area contributed by atoms with E-state index in [4.69, 9.17) is 11.5 Å². The number of hydrogen-bond donors (Lipinski definition) is 2. The van der Waals surface area contributed by atoms with Crippen LogP contribution in [0.3, 0.4) is 0 Å². The van der Waals surface area contributed by atoms with E-state index in [2.05, 4.69) is 16.2 Å². The minimum atomic E-state index is -0.929. The second-order valence-electron chi connectivity index (χ2n) is 4.02. The standard InChI is InChI=1S/C14H18N2O2/c1-3-5-6-8-15-13-10-11(14(17)18)9-12(16-13)7-4-2/h1,9-10H,4-8H2,2H3,(H,15,16)(H,17,18). The number of unbranched alkanes of at least 4 members (excludes halogenated alkanes) is 1. The fourth-order valence-electron chi connectivity index (χ4n) is 1.59. The Morgan fingerprint density at radius 1 is 1.56 bits per heavy atom. The predicted molar refractivity (Wildman–Crippen MR) is 71.7 cm³/mol. The number of pyridine rings is 1. The number of carboxylic acids is 1. The summed E-state index contributed by atoms with van der Waals surface area (Å²) in [6, 6.07) is 3.18. The lowest BCUT2D eigenvalue weighted by Crippen LogP contribution is -2.07. The van der Waals surface area contributed by atoms with Crippen molar-refractivity contribution in [2.24, 2.45) is 0 Å². The van der Waals surface area contributed by atoms with Gasteiger partial charge >= 0.3 is 5.97 Å². The van der Waals surface area contributed by atoms with Crippen LogP contribution >= 0.6 is 0 Å². The van der Waals surface area contributed by atoms with Gasteiger partial charge < -0.3 is 10.4 Å². The van der Waals surface area contributed by atoms with Crippen molar-refractivity contribution in [3.05, 3.63) is 23.4 Å². The normalized spacial score (nSPS) is 9.78. The number of rotatable bonds is 7. The Hall–Kier alpha value is -2.02. The summed E-state index contributed by atoms with van der Waals surface area (Å²) in [6.45, 7) is 2.74. The van der Waals surface area contributed by atoms with Crippen molar-refractivity contribution < 1.29 is 9.90 Å². The maximum absolute atomic E-state index is 11.0. The summed E-state index contributed by atoms with van der Waals surface area (Å²) >= 11 is 0. The molecule has 4 heteroatoms. The van der Waals surface area contributed by atoms with Gasteiger partial charge in [0.2, 0.25) is 0 Å². The van der Waals surface area contributed by atoms with Gasteiger partial charge in [-0.3, -0.25) is 0 Å². The highest BCUT2D eigenvalue weighted by Gasteiger charge is 2.07. The molecule has 0 aromatic carbocycles. The van der Waals surface area contributed by atoms with Crippen LogP contribution in [0.25, 0.3) is 0 Å². The number of anilines is 1. The maximum Gasteiger partial charge on any atom is 0.335 e. The molecule has 96 valence electrons. The summed E-state index contributed by atoms with van der Waals surface area (Å²) in [5.74, 6) is 2.24. The molecule has 0 aliphatic carbocycles. The van der Waals surface area contributed by atoms with E-state index >= 15 is 0 Å². The predicted octanol–water partition coefficient (Wildman–Crippen LogP) is 2.56. The monoisotopic (exact) mass is 246 g/mol. The van der Waals surface area contributed by atoms with Gasteiger partial charge in [0.25, 0.3) is 0 Å². The lowest BCUT2D eigenvalue weighted by atomic mass is 10.1. The number of nitrogens with zero attached hydrogens (tertiary/aromatic N) is 1. The molecular formula is C14H18N2O2. The third-order valence-electron chi connectivity index (χ3n) is 2.44. The number of aryl methyl sites for hydroxylation is 1. The fraction of sp³-hybridized carbons (Fsp3) is 0.429. The van der Waals surface area contributed by atoms with Gasteiger partial charge in [-0.05, 0) is 25.0 Å². The molecule has 1 heterocycles. The van der Waals surface area contributed by atoms with E-state index < -0.39 is 5.97 Å². The molecule has 0 amide bonds. The van der Waals surface area contributed by atoms with Gasteiger partial charge in [0.05, 0.1) is 5.56 Å². The van der Waals surface area contributed by atoms with Crippen molar-refractivity contribution in [1.29, 1.82) is 0 Å². The largest absolute Gasteiger partial charge is 0.478 e. The number of carboxylic acid groups (broad SMARTS) is 1. The van der Waals surface area contributed by atoms with Gasteiger partial charge in [-0.25, -0.2) is 9.78 Å². The number of aromatic carboxylic acids is 1. The minimum Gasteiger partial charge on any atom is -0.478 e. The first-order valence-corrected chi connectivity index (χ1v) is 6.09. The van der Waals surface area contributed by atoms with Crippen molar-refractivity contribution >= 4 is 11.8 Å². The number of terminal acetylenes is 1. The number of hydrogen-bond acceptors (Lipinski definition) is 3. The van der Waals surface area contributed by atoms with Crippen molar-refractivity contribution in [3.8, 4) is 12.3 Å². The molecular weight excluding hydrogens is 228 g/mol. The Morgan fingerprint density at radius 3 is 2.94 bits per heavy atom. The Balaban J connectivity index is 2.76. The molecule has 4 nitrogen and oxygen atoms in total. The summed E-state index contributed by atoms with van der Waals surface area (Å²) in [6.07, 6.45) is 8.43. The zero-order chi connectivity index (χ0) is 13.4. The van der Waals surface area contributed by atoms with Gasteiger partial charge in [0.15, 0.2) is 0 Å². The van der Waals surface area contributed by atoms with E-state index in [1.165, 1.54) is 0 Å². The summed E-state index contributed by atoms with van der Waals surface area (Å²) in [5.41, 5.74) is 1.07. The average molecular weight is 246 g/mol. The van der Waals surface area contributed by atoms with Gasteiger partial charge in [0.1, 0.15) is 5.82 Å². The zero-order valence-corrected chi connectivity index (χ0v) is 10.6. The van der Waals surface area contributed by atoms with Crippen LogP contribution in [0, 0.1) is 12.3 Å². The van der Waals surface area contributed by atoms with Crippen molar-refractivity contribution in [1.82, 2.24) is 4.98 Å². The number of aromatic nitrogens is 1. The van der Waals surface area contributed by atoms with E-state index in [9.17, 15) is 4.79 Å². The second-order valence-corrected chi connectivity index (χ2v) is 4.02. The number of carbonyl (C=O) groups is 1. The molecule has 0 saturated carbocycles.